The zero-order valence-electron chi connectivity index (χ0n) is 14.3. The molecule has 0 radical (unpaired) electrons. The maximum atomic E-state index is 13.4. The fourth-order valence-corrected chi connectivity index (χ4v) is 4.36. The molecule has 6 nitrogen and oxygen atoms in total. The van der Waals surface area contributed by atoms with Gasteiger partial charge in [0, 0.05) is 25.6 Å². The van der Waals surface area contributed by atoms with E-state index in [2.05, 4.69) is 16.3 Å². The summed E-state index contributed by atoms with van der Waals surface area (Å²) in [6.07, 6.45) is -0.984. The molecule has 3 aliphatic rings. The van der Waals surface area contributed by atoms with Crippen LogP contribution in [0.4, 0.5) is 10.1 Å². The SMILES string of the molecule is N#Cc1ccccc1N1CC2C(C1)C2NCC(=O)N1C[C@@H](F)C[C@H]1C#N. The number of alkyl halides is 1. The summed E-state index contributed by atoms with van der Waals surface area (Å²) in [4.78, 5) is 15.9. The number of likely N-dealkylation sites (tertiary alicyclic amines) is 1. The minimum absolute atomic E-state index is 0.0228. The minimum atomic E-state index is -1.10. The number of nitrogens with one attached hydrogen (secondary N) is 1. The third-order valence-corrected chi connectivity index (χ3v) is 5.77. The van der Waals surface area contributed by atoms with Gasteiger partial charge in [-0.3, -0.25) is 4.79 Å². The Labute approximate surface area is 151 Å². The number of carbonyl (C=O) groups excluding carboxylic acids is 1. The van der Waals surface area contributed by atoms with Crippen LogP contribution < -0.4 is 10.2 Å². The lowest BCUT2D eigenvalue weighted by molar-refractivity contribution is -0.130. The number of benzene rings is 1. The number of carbonyl (C=O) groups is 1. The van der Waals surface area contributed by atoms with Gasteiger partial charge >= 0.3 is 0 Å². The van der Waals surface area contributed by atoms with E-state index < -0.39 is 12.2 Å². The molecule has 1 amide bonds. The van der Waals surface area contributed by atoms with Gasteiger partial charge in [0.25, 0.3) is 0 Å². The number of hydrogen-bond donors (Lipinski definition) is 1. The van der Waals surface area contributed by atoms with Gasteiger partial charge in [0.15, 0.2) is 0 Å². The van der Waals surface area contributed by atoms with E-state index >= 15 is 0 Å². The van der Waals surface area contributed by atoms with Crippen LogP contribution in [0.15, 0.2) is 24.3 Å². The van der Waals surface area contributed by atoms with E-state index in [9.17, 15) is 14.4 Å². The monoisotopic (exact) mass is 353 g/mol. The van der Waals surface area contributed by atoms with Crippen LogP contribution in [-0.2, 0) is 4.79 Å². The van der Waals surface area contributed by atoms with Gasteiger partial charge in [-0.25, -0.2) is 4.39 Å². The first-order valence-corrected chi connectivity index (χ1v) is 8.93. The summed E-state index contributed by atoms with van der Waals surface area (Å²) < 4.78 is 13.4. The molecule has 0 spiro atoms. The first-order chi connectivity index (χ1) is 12.6. The number of para-hydroxylation sites is 1. The molecule has 3 fully saturated rings. The summed E-state index contributed by atoms with van der Waals surface area (Å²) in [6.45, 7) is 1.91. The molecular weight excluding hydrogens is 333 g/mol. The predicted octanol–water partition coefficient (Wildman–Crippen LogP) is 1.05. The highest BCUT2D eigenvalue weighted by Crippen LogP contribution is 2.47. The van der Waals surface area contributed by atoms with Crippen molar-refractivity contribution in [1.29, 1.82) is 10.5 Å². The van der Waals surface area contributed by atoms with Crippen LogP contribution in [0, 0.1) is 34.5 Å². The van der Waals surface area contributed by atoms with Crippen LogP contribution in [0.25, 0.3) is 0 Å². The molecule has 0 aromatic heterocycles. The molecule has 0 bridgehead atoms. The lowest BCUT2D eigenvalue weighted by atomic mass is 10.1. The van der Waals surface area contributed by atoms with E-state index in [0.29, 0.717) is 17.4 Å². The van der Waals surface area contributed by atoms with Crippen LogP contribution in [-0.4, -0.2) is 55.2 Å². The van der Waals surface area contributed by atoms with Gasteiger partial charge in [-0.1, -0.05) is 12.1 Å². The molecule has 2 saturated heterocycles. The van der Waals surface area contributed by atoms with Crippen molar-refractivity contribution in [1.82, 2.24) is 10.2 Å². The first-order valence-electron chi connectivity index (χ1n) is 8.93. The van der Waals surface area contributed by atoms with Crippen LogP contribution in [0.2, 0.25) is 0 Å². The van der Waals surface area contributed by atoms with E-state index in [4.69, 9.17) is 5.26 Å². The Kier molecular flexibility index (Phi) is 4.26. The number of nitrogens with zero attached hydrogens (tertiary/aromatic N) is 4. The molecule has 26 heavy (non-hydrogen) atoms. The molecule has 1 N–H and O–H groups in total. The molecule has 4 atom stereocenters. The lowest BCUT2D eigenvalue weighted by Gasteiger charge is -2.24. The Morgan fingerprint density at radius 1 is 1.23 bits per heavy atom. The number of hydrogen-bond acceptors (Lipinski definition) is 5. The molecule has 2 unspecified atom stereocenters. The number of piperidine rings is 1. The largest absolute Gasteiger partial charge is 0.370 e. The molecule has 1 aliphatic carbocycles. The second-order valence-corrected chi connectivity index (χ2v) is 7.29. The zero-order valence-corrected chi connectivity index (χ0v) is 14.3. The molecular formula is C19H20FN5O. The molecule has 4 rings (SSSR count). The second kappa shape index (κ2) is 6.59. The van der Waals surface area contributed by atoms with E-state index in [1.165, 1.54) is 4.90 Å². The van der Waals surface area contributed by atoms with Crippen LogP contribution >= 0.6 is 0 Å². The Morgan fingerprint density at radius 2 is 1.96 bits per heavy atom. The first kappa shape index (κ1) is 16.8. The Hall–Kier alpha value is -2.64. The predicted molar refractivity (Wildman–Crippen MR) is 92.8 cm³/mol. The van der Waals surface area contributed by atoms with Crippen molar-refractivity contribution in [3.8, 4) is 12.1 Å². The van der Waals surface area contributed by atoms with Crippen molar-refractivity contribution < 1.29 is 9.18 Å². The van der Waals surface area contributed by atoms with Crippen LogP contribution in [0.5, 0.6) is 0 Å². The molecule has 1 aromatic carbocycles. The highest BCUT2D eigenvalue weighted by molar-refractivity contribution is 5.79. The summed E-state index contributed by atoms with van der Waals surface area (Å²) in [7, 11) is 0. The van der Waals surface area contributed by atoms with Gasteiger partial charge in [0.2, 0.25) is 5.91 Å². The number of anilines is 1. The summed E-state index contributed by atoms with van der Waals surface area (Å²) in [5.74, 6) is 0.732. The van der Waals surface area contributed by atoms with E-state index in [1.807, 2.05) is 30.3 Å². The summed E-state index contributed by atoms with van der Waals surface area (Å²) in [5.41, 5.74) is 1.66. The number of nitriles is 2. The third kappa shape index (κ3) is 2.89. The van der Waals surface area contributed by atoms with Crippen LogP contribution in [0.1, 0.15) is 12.0 Å². The molecule has 2 aliphatic heterocycles. The molecule has 1 saturated carbocycles. The van der Waals surface area contributed by atoms with E-state index in [1.54, 1.807) is 0 Å². The van der Waals surface area contributed by atoms with Crippen molar-refractivity contribution in [2.75, 3.05) is 31.1 Å². The number of halogens is 1. The standard InChI is InChI=1S/C19H20FN5O/c20-13-5-14(7-22)25(9-13)18(26)8-23-19-15-10-24(11-16(15)19)17-4-2-1-3-12(17)6-21/h1-4,13-16,19,23H,5,8-11H2/t13-,14-,15?,16?,19?/m0/s1. The van der Waals surface area contributed by atoms with Crippen molar-refractivity contribution in [2.24, 2.45) is 11.8 Å². The highest BCUT2D eigenvalue weighted by atomic mass is 19.1. The highest BCUT2D eigenvalue weighted by Gasteiger charge is 2.56. The lowest BCUT2D eigenvalue weighted by Crippen LogP contribution is -2.43. The van der Waals surface area contributed by atoms with Gasteiger partial charge in [-0.05, 0) is 24.0 Å². The summed E-state index contributed by atoms with van der Waals surface area (Å²) >= 11 is 0. The van der Waals surface area contributed by atoms with Gasteiger partial charge in [-0.2, -0.15) is 10.5 Å². The summed E-state index contributed by atoms with van der Waals surface area (Å²) in [6, 6.07) is 11.5. The minimum Gasteiger partial charge on any atom is -0.370 e. The van der Waals surface area contributed by atoms with Gasteiger partial charge < -0.3 is 15.1 Å². The molecule has 134 valence electrons. The van der Waals surface area contributed by atoms with Crippen molar-refractivity contribution in [3.63, 3.8) is 0 Å². The Bertz CT molecular complexity index is 788. The van der Waals surface area contributed by atoms with E-state index in [0.717, 1.165) is 18.8 Å². The topological polar surface area (TPSA) is 83.2 Å². The Balaban J connectivity index is 1.28. The maximum absolute atomic E-state index is 13.4. The average molecular weight is 353 g/mol. The normalized spacial score (nSPS) is 32.0. The van der Waals surface area contributed by atoms with Crippen LogP contribution in [0.3, 0.4) is 0 Å². The Morgan fingerprint density at radius 3 is 2.65 bits per heavy atom. The maximum Gasteiger partial charge on any atom is 0.237 e. The number of amides is 1. The number of rotatable bonds is 4. The average Bonchev–Trinajstić information content (AvgIpc) is 3.00. The van der Waals surface area contributed by atoms with Crippen molar-refractivity contribution in [2.45, 2.75) is 24.7 Å². The second-order valence-electron chi connectivity index (χ2n) is 7.29. The molecule has 1 aromatic rings. The van der Waals surface area contributed by atoms with Gasteiger partial charge in [0.05, 0.1) is 30.4 Å². The molecule has 7 heteroatoms. The molecule has 2 heterocycles. The zero-order chi connectivity index (χ0) is 18.3. The fourth-order valence-electron chi connectivity index (χ4n) is 4.36. The quantitative estimate of drug-likeness (QED) is 0.875. The van der Waals surface area contributed by atoms with Crippen molar-refractivity contribution in [3.05, 3.63) is 29.8 Å². The third-order valence-electron chi connectivity index (χ3n) is 5.77. The number of fused-ring (bicyclic) bond motifs is 1. The van der Waals surface area contributed by atoms with E-state index in [-0.39, 0.29) is 31.5 Å². The fraction of sp³-hybridized carbons (Fsp3) is 0.526. The van der Waals surface area contributed by atoms with Crippen molar-refractivity contribution >= 4 is 11.6 Å². The smallest absolute Gasteiger partial charge is 0.237 e. The van der Waals surface area contributed by atoms with Gasteiger partial charge in [0.1, 0.15) is 18.3 Å². The summed E-state index contributed by atoms with van der Waals surface area (Å²) in [5, 5.41) is 21.6. The van der Waals surface area contributed by atoms with Gasteiger partial charge in [-0.15, -0.1) is 0 Å².